The molecule has 21 heavy (non-hydrogen) atoms. The Morgan fingerprint density at radius 2 is 1.76 bits per heavy atom. The molecule has 3 aromatic rings. The number of hydrogen-bond acceptors (Lipinski definition) is 4. The molecule has 5 nitrogen and oxygen atoms in total. The first kappa shape index (κ1) is 13.3. The minimum absolute atomic E-state index is 0.324. The predicted octanol–water partition coefficient (Wildman–Crippen LogP) is 2.56. The van der Waals surface area contributed by atoms with E-state index in [0.717, 1.165) is 12.1 Å². The second kappa shape index (κ2) is 6.19. The molecule has 106 valence electrons. The van der Waals surface area contributed by atoms with E-state index in [1.807, 2.05) is 54.6 Å². The largest absolute Gasteiger partial charge is 0.423 e. The smallest absolute Gasteiger partial charge is 0.341 e. The van der Waals surface area contributed by atoms with Gasteiger partial charge in [-0.05, 0) is 42.8 Å². The number of nitrogens with zero attached hydrogens (tertiary/aromatic N) is 3. The third-order valence-corrected chi connectivity index (χ3v) is 3.06. The molecule has 1 heterocycles. The Kier molecular flexibility index (Phi) is 3.93. The highest BCUT2D eigenvalue weighted by Crippen LogP contribution is 2.19. The van der Waals surface area contributed by atoms with Crippen molar-refractivity contribution < 1.29 is 4.74 Å². The molecule has 2 N–H and O–H groups in total. The van der Waals surface area contributed by atoms with E-state index < -0.39 is 0 Å². The zero-order valence-corrected chi connectivity index (χ0v) is 11.5. The maximum Gasteiger partial charge on any atom is 0.341 e. The molecule has 0 unspecified atom stereocenters. The molecule has 2 aromatic carbocycles. The van der Waals surface area contributed by atoms with Crippen LogP contribution in [0.2, 0.25) is 0 Å². The van der Waals surface area contributed by atoms with Gasteiger partial charge in [0.2, 0.25) is 0 Å². The first-order chi connectivity index (χ1) is 10.3. The lowest BCUT2D eigenvalue weighted by Gasteiger charge is -2.03. The van der Waals surface area contributed by atoms with E-state index in [1.54, 1.807) is 11.0 Å². The molecule has 1 aromatic heterocycles. The van der Waals surface area contributed by atoms with E-state index in [9.17, 15) is 0 Å². The van der Waals surface area contributed by atoms with Crippen LogP contribution in [0.15, 0.2) is 60.9 Å². The summed E-state index contributed by atoms with van der Waals surface area (Å²) in [4.78, 5) is 4.16. The van der Waals surface area contributed by atoms with Gasteiger partial charge in [0.05, 0.1) is 5.69 Å². The maximum absolute atomic E-state index is 5.64. The molecule has 0 saturated carbocycles. The molecule has 5 heteroatoms. The van der Waals surface area contributed by atoms with Crippen LogP contribution in [0.5, 0.6) is 11.8 Å². The topological polar surface area (TPSA) is 66.0 Å². The van der Waals surface area contributed by atoms with Gasteiger partial charge in [0.15, 0.2) is 0 Å². The molecule has 0 bridgehead atoms. The van der Waals surface area contributed by atoms with Gasteiger partial charge in [-0.2, -0.15) is 4.98 Å². The second-order valence-corrected chi connectivity index (χ2v) is 4.59. The molecule has 0 fully saturated rings. The van der Waals surface area contributed by atoms with Crippen molar-refractivity contribution in [3.63, 3.8) is 0 Å². The van der Waals surface area contributed by atoms with Gasteiger partial charge in [0.1, 0.15) is 12.1 Å². The van der Waals surface area contributed by atoms with Crippen LogP contribution in [0.4, 0.5) is 0 Å². The van der Waals surface area contributed by atoms with E-state index in [1.165, 1.54) is 5.56 Å². The average molecular weight is 280 g/mol. The molecule has 0 aliphatic carbocycles. The minimum atomic E-state index is 0.324. The maximum atomic E-state index is 5.64. The summed E-state index contributed by atoms with van der Waals surface area (Å²) in [5.74, 6) is 0.710. The highest BCUT2D eigenvalue weighted by Gasteiger charge is 2.05. The van der Waals surface area contributed by atoms with Gasteiger partial charge in [0, 0.05) is 0 Å². The summed E-state index contributed by atoms with van der Waals surface area (Å²) in [6, 6.07) is 17.9. The standard InChI is InChI=1S/C16H16N4O/c17-11-10-13-6-8-15(9-7-13)21-16-18-12-20(19-16)14-4-2-1-3-5-14/h1-9,12H,10-11,17H2. The molecule has 0 atom stereocenters. The molecular weight excluding hydrogens is 264 g/mol. The first-order valence-corrected chi connectivity index (χ1v) is 6.79. The normalized spacial score (nSPS) is 10.5. The van der Waals surface area contributed by atoms with Crippen molar-refractivity contribution >= 4 is 0 Å². The van der Waals surface area contributed by atoms with Crippen LogP contribution in [-0.2, 0) is 6.42 Å². The van der Waals surface area contributed by atoms with E-state index in [0.29, 0.717) is 18.3 Å². The minimum Gasteiger partial charge on any atom is -0.423 e. The van der Waals surface area contributed by atoms with Crippen molar-refractivity contribution in [2.24, 2.45) is 5.73 Å². The lowest BCUT2D eigenvalue weighted by atomic mass is 10.1. The Balaban J connectivity index is 1.72. The van der Waals surface area contributed by atoms with Gasteiger partial charge < -0.3 is 10.5 Å². The van der Waals surface area contributed by atoms with Gasteiger partial charge in [-0.1, -0.05) is 30.3 Å². The number of hydrogen-bond donors (Lipinski definition) is 1. The van der Waals surface area contributed by atoms with Crippen LogP contribution in [0.25, 0.3) is 5.69 Å². The van der Waals surface area contributed by atoms with Crippen molar-refractivity contribution in [2.75, 3.05) is 6.54 Å². The summed E-state index contributed by atoms with van der Waals surface area (Å²) in [5, 5.41) is 4.30. The van der Waals surface area contributed by atoms with Gasteiger partial charge in [-0.15, -0.1) is 5.10 Å². The summed E-state index contributed by atoms with van der Waals surface area (Å²) in [6.45, 7) is 0.642. The molecular formula is C16H16N4O. The van der Waals surface area contributed by atoms with Crippen molar-refractivity contribution in [1.29, 1.82) is 0 Å². The Morgan fingerprint density at radius 1 is 1.00 bits per heavy atom. The van der Waals surface area contributed by atoms with E-state index in [4.69, 9.17) is 10.5 Å². The zero-order valence-electron chi connectivity index (χ0n) is 11.5. The van der Waals surface area contributed by atoms with E-state index in [-0.39, 0.29) is 0 Å². The summed E-state index contributed by atoms with van der Waals surface area (Å²) in [7, 11) is 0. The summed E-state index contributed by atoms with van der Waals surface area (Å²) in [6.07, 6.45) is 2.49. The van der Waals surface area contributed by atoms with E-state index in [2.05, 4.69) is 10.1 Å². The molecule has 0 aliphatic rings. The van der Waals surface area contributed by atoms with Crippen LogP contribution < -0.4 is 10.5 Å². The van der Waals surface area contributed by atoms with Crippen LogP contribution in [-0.4, -0.2) is 21.3 Å². The number of para-hydroxylation sites is 1. The predicted molar refractivity (Wildman–Crippen MR) is 80.6 cm³/mol. The first-order valence-electron chi connectivity index (χ1n) is 6.79. The highest BCUT2D eigenvalue weighted by atomic mass is 16.5. The Morgan fingerprint density at radius 3 is 2.48 bits per heavy atom. The van der Waals surface area contributed by atoms with Crippen LogP contribution in [0.3, 0.4) is 0 Å². The second-order valence-electron chi connectivity index (χ2n) is 4.59. The van der Waals surface area contributed by atoms with Gasteiger partial charge >= 0.3 is 6.01 Å². The SMILES string of the molecule is NCCc1ccc(Oc2ncn(-c3ccccc3)n2)cc1. The molecule has 0 radical (unpaired) electrons. The van der Waals surface area contributed by atoms with Crippen LogP contribution >= 0.6 is 0 Å². The van der Waals surface area contributed by atoms with Gasteiger partial charge in [-0.25, -0.2) is 4.68 Å². The molecule has 0 spiro atoms. The van der Waals surface area contributed by atoms with Crippen molar-refractivity contribution in [1.82, 2.24) is 14.8 Å². The molecule has 3 rings (SSSR count). The number of benzene rings is 2. The number of ether oxygens (including phenoxy) is 1. The monoisotopic (exact) mass is 280 g/mol. The quantitative estimate of drug-likeness (QED) is 0.780. The van der Waals surface area contributed by atoms with Crippen molar-refractivity contribution in [2.45, 2.75) is 6.42 Å². The van der Waals surface area contributed by atoms with Crippen molar-refractivity contribution in [3.05, 3.63) is 66.5 Å². The average Bonchev–Trinajstić information content (AvgIpc) is 2.99. The number of aromatic nitrogens is 3. The van der Waals surface area contributed by atoms with Crippen molar-refractivity contribution in [3.8, 4) is 17.4 Å². The zero-order chi connectivity index (χ0) is 14.5. The van der Waals surface area contributed by atoms with Gasteiger partial charge in [-0.3, -0.25) is 0 Å². The Bertz CT molecular complexity index is 692. The Hall–Kier alpha value is -2.66. The van der Waals surface area contributed by atoms with E-state index >= 15 is 0 Å². The summed E-state index contributed by atoms with van der Waals surface area (Å²) < 4.78 is 7.32. The molecule has 0 aliphatic heterocycles. The third kappa shape index (κ3) is 3.27. The fourth-order valence-electron chi connectivity index (χ4n) is 2.00. The van der Waals surface area contributed by atoms with Gasteiger partial charge in [0.25, 0.3) is 0 Å². The number of rotatable bonds is 5. The molecule has 0 amide bonds. The Labute approximate surface area is 123 Å². The van der Waals surface area contributed by atoms with Crippen LogP contribution in [0, 0.1) is 0 Å². The van der Waals surface area contributed by atoms with Crippen LogP contribution in [0.1, 0.15) is 5.56 Å². The fraction of sp³-hybridized carbons (Fsp3) is 0.125. The number of nitrogens with two attached hydrogens (primary N) is 1. The fourth-order valence-corrected chi connectivity index (χ4v) is 2.00. The lowest BCUT2D eigenvalue weighted by molar-refractivity contribution is 0.441. The lowest BCUT2D eigenvalue weighted by Crippen LogP contribution is -2.02. The molecule has 0 saturated heterocycles. The summed E-state index contributed by atoms with van der Waals surface area (Å²) >= 11 is 0. The summed E-state index contributed by atoms with van der Waals surface area (Å²) in [5.41, 5.74) is 7.66. The highest BCUT2D eigenvalue weighted by molar-refractivity contribution is 5.31. The third-order valence-electron chi connectivity index (χ3n) is 3.06.